The first-order chi connectivity index (χ1) is 15.0. The Morgan fingerprint density at radius 3 is 2.77 bits per heavy atom. The summed E-state index contributed by atoms with van der Waals surface area (Å²) in [5.74, 6) is 0.105. The topological polar surface area (TPSA) is 98.6 Å². The number of methoxy groups -OCH3 is 2. The molecule has 10 heteroatoms. The molecule has 2 aromatic carbocycles. The molecule has 1 aliphatic rings. The lowest BCUT2D eigenvalue weighted by atomic mass is 10.2. The van der Waals surface area contributed by atoms with E-state index < -0.39 is 11.9 Å². The molecule has 31 heavy (non-hydrogen) atoms. The van der Waals surface area contributed by atoms with E-state index in [4.69, 9.17) is 9.47 Å². The number of hydrogen-bond acceptors (Lipinski definition) is 8. The van der Waals surface area contributed by atoms with Crippen molar-refractivity contribution in [3.63, 3.8) is 0 Å². The largest absolute Gasteiger partial charge is 0.493 e. The Morgan fingerprint density at radius 1 is 1.19 bits per heavy atom. The summed E-state index contributed by atoms with van der Waals surface area (Å²) in [6.45, 7) is 0.372. The minimum atomic E-state index is -0.615. The van der Waals surface area contributed by atoms with E-state index in [-0.39, 0.29) is 10.1 Å². The molecule has 0 atom stereocenters. The smallest absolute Gasteiger partial charge is 0.331 e. The van der Waals surface area contributed by atoms with Gasteiger partial charge in [-0.05, 0) is 53.2 Å². The third-order valence-corrected chi connectivity index (χ3v) is 5.32. The van der Waals surface area contributed by atoms with Crippen molar-refractivity contribution in [2.45, 2.75) is 6.61 Å². The van der Waals surface area contributed by atoms with Crippen molar-refractivity contribution in [2.24, 2.45) is 10.2 Å². The van der Waals surface area contributed by atoms with Crippen LogP contribution in [0.1, 0.15) is 11.1 Å². The van der Waals surface area contributed by atoms with Crippen LogP contribution in [0.25, 0.3) is 0 Å². The maximum Gasteiger partial charge on any atom is 0.331 e. The van der Waals surface area contributed by atoms with Crippen molar-refractivity contribution in [1.29, 1.82) is 0 Å². The van der Waals surface area contributed by atoms with E-state index in [1.54, 1.807) is 25.3 Å². The Kier molecular flexibility index (Phi) is 7.85. The van der Waals surface area contributed by atoms with Gasteiger partial charge in [-0.1, -0.05) is 28.1 Å². The summed E-state index contributed by atoms with van der Waals surface area (Å²) in [5.41, 5.74) is 1.74. The van der Waals surface area contributed by atoms with Crippen LogP contribution < -0.4 is 14.8 Å². The lowest BCUT2D eigenvalue weighted by Crippen LogP contribution is -2.19. The van der Waals surface area contributed by atoms with E-state index in [9.17, 15) is 9.59 Å². The molecular weight excluding hydrogens is 486 g/mol. The third kappa shape index (κ3) is 6.43. The van der Waals surface area contributed by atoms with Gasteiger partial charge >= 0.3 is 5.97 Å². The van der Waals surface area contributed by atoms with Gasteiger partial charge in [0, 0.05) is 10.5 Å². The number of thioether (sulfide) groups is 1. The fourth-order valence-corrected chi connectivity index (χ4v) is 3.65. The Hall–Kier alpha value is -3.11. The van der Waals surface area contributed by atoms with Crippen molar-refractivity contribution >= 4 is 51.0 Å². The zero-order valence-corrected chi connectivity index (χ0v) is 19.0. The predicted molar refractivity (Wildman–Crippen MR) is 122 cm³/mol. The lowest BCUT2D eigenvalue weighted by Gasteiger charge is -2.11. The number of carbonyl (C=O) groups excluding carboxylic acids is 2. The molecule has 0 aromatic heterocycles. The highest BCUT2D eigenvalue weighted by Crippen LogP contribution is 2.29. The first kappa shape index (κ1) is 22.6. The predicted octanol–water partition coefficient (Wildman–Crippen LogP) is 3.65. The highest BCUT2D eigenvalue weighted by molar-refractivity contribution is 9.10. The molecule has 0 aliphatic carbocycles. The normalized spacial score (nSPS) is 16.0. The minimum Gasteiger partial charge on any atom is -0.493 e. The van der Waals surface area contributed by atoms with E-state index >= 15 is 0 Å². The van der Waals surface area contributed by atoms with E-state index in [2.05, 4.69) is 36.2 Å². The molecule has 1 amide bonds. The van der Waals surface area contributed by atoms with Crippen LogP contribution in [0.2, 0.25) is 0 Å². The van der Waals surface area contributed by atoms with Gasteiger partial charge in [-0.3, -0.25) is 10.1 Å². The monoisotopic (exact) mass is 503 g/mol. The van der Waals surface area contributed by atoms with Crippen LogP contribution in [0, 0.1) is 0 Å². The molecule has 1 heterocycles. The number of halogens is 1. The highest BCUT2D eigenvalue weighted by atomic mass is 79.9. The summed E-state index contributed by atoms with van der Waals surface area (Å²) in [6.07, 6.45) is 2.62. The maximum atomic E-state index is 11.8. The zero-order chi connectivity index (χ0) is 22.2. The van der Waals surface area contributed by atoms with E-state index in [1.165, 1.54) is 13.3 Å². The Bertz CT molecular complexity index is 1080. The molecule has 0 spiro atoms. The molecular formula is C21H18BrN3O5S. The second-order valence-corrected chi connectivity index (χ2v) is 8.01. The number of amidine groups is 1. The fraction of sp³-hybridized carbons (Fsp3) is 0.143. The maximum absolute atomic E-state index is 11.8. The molecule has 160 valence electrons. The standard InChI is InChI=1S/C21H18BrN3O5S/c1-28-16-7-6-13(9-17(16)30-12-14-4-3-5-15(22)8-14)11-23-25-21-24-20(27)18(31-21)10-19(26)29-2/h3-11H,12H2,1-2H3,(H,24,25,27)/b18-10+,23-11?. The summed E-state index contributed by atoms with van der Waals surface area (Å²) in [7, 11) is 2.81. The van der Waals surface area contributed by atoms with Crippen molar-refractivity contribution in [3.05, 3.63) is 69.0 Å². The number of amides is 1. The van der Waals surface area contributed by atoms with Gasteiger partial charge in [0.25, 0.3) is 5.91 Å². The molecule has 8 nitrogen and oxygen atoms in total. The molecule has 1 aliphatic heterocycles. The number of esters is 1. The zero-order valence-electron chi connectivity index (χ0n) is 16.6. The van der Waals surface area contributed by atoms with Gasteiger partial charge in [0.15, 0.2) is 16.7 Å². The Morgan fingerprint density at radius 2 is 2.03 bits per heavy atom. The van der Waals surface area contributed by atoms with Crippen LogP contribution in [0.4, 0.5) is 0 Å². The quantitative estimate of drug-likeness (QED) is 0.268. The second-order valence-electron chi connectivity index (χ2n) is 6.07. The number of benzene rings is 2. The summed E-state index contributed by atoms with van der Waals surface area (Å²) < 4.78 is 16.8. The summed E-state index contributed by atoms with van der Waals surface area (Å²) in [5, 5.41) is 10.8. The number of carbonyl (C=O) groups is 2. The van der Waals surface area contributed by atoms with Gasteiger partial charge < -0.3 is 14.2 Å². The molecule has 1 N–H and O–H groups in total. The van der Waals surface area contributed by atoms with Crippen LogP contribution >= 0.6 is 27.7 Å². The third-order valence-electron chi connectivity index (χ3n) is 3.93. The van der Waals surface area contributed by atoms with E-state index in [1.807, 2.05) is 24.3 Å². The van der Waals surface area contributed by atoms with Crippen molar-refractivity contribution in [3.8, 4) is 11.5 Å². The number of nitrogens with one attached hydrogen (secondary N) is 1. The van der Waals surface area contributed by atoms with Crippen molar-refractivity contribution in [2.75, 3.05) is 14.2 Å². The number of hydrogen-bond donors (Lipinski definition) is 1. The van der Waals surface area contributed by atoms with Gasteiger partial charge in [-0.25, -0.2) is 4.79 Å². The molecule has 1 fully saturated rings. The highest BCUT2D eigenvalue weighted by Gasteiger charge is 2.25. The van der Waals surface area contributed by atoms with Gasteiger partial charge in [0.1, 0.15) is 6.61 Å². The van der Waals surface area contributed by atoms with Crippen LogP contribution in [-0.2, 0) is 20.9 Å². The summed E-state index contributed by atoms with van der Waals surface area (Å²) >= 11 is 4.44. The Balaban J connectivity index is 1.69. The number of ether oxygens (including phenoxy) is 3. The molecule has 0 unspecified atom stereocenters. The van der Waals surface area contributed by atoms with Crippen LogP contribution in [0.5, 0.6) is 11.5 Å². The second kappa shape index (κ2) is 10.8. The van der Waals surface area contributed by atoms with E-state index in [0.29, 0.717) is 18.1 Å². The lowest BCUT2D eigenvalue weighted by molar-refractivity contribution is -0.135. The summed E-state index contributed by atoms with van der Waals surface area (Å²) in [4.78, 5) is 23.3. The van der Waals surface area contributed by atoms with Gasteiger partial charge in [0.2, 0.25) is 0 Å². The minimum absolute atomic E-state index is 0.188. The molecule has 2 aromatic rings. The summed E-state index contributed by atoms with van der Waals surface area (Å²) in [6, 6.07) is 13.2. The van der Waals surface area contributed by atoms with Crippen molar-refractivity contribution < 1.29 is 23.8 Å². The first-order valence-electron chi connectivity index (χ1n) is 8.93. The SMILES string of the molecule is COC(=O)/C=C1/S/C(=N\N=Cc2ccc(OC)c(OCc3cccc(Br)c3)c2)NC1=O. The van der Waals surface area contributed by atoms with Gasteiger partial charge in [-0.2, -0.15) is 5.10 Å². The number of rotatable bonds is 7. The van der Waals surface area contributed by atoms with Crippen LogP contribution in [0.3, 0.4) is 0 Å². The molecule has 0 saturated carbocycles. The molecule has 0 radical (unpaired) electrons. The number of nitrogens with zero attached hydrogens (tertiary/aromatic N) is 2. The van der Waals surface area contributed by atoms with E-state index in [0.717, 1.165) is 33.4 Å². The average molecular weight is 504 g/mol. The molecule has 0 bridgehead atoms. The first-order valence-corrected chi connectivity index (χ1v) is 10.5. The van der Waals surface area contributed by atoms with Crippen molar-refractivity contribution in [1.82, 2.24) is 5.32 Å². The van der Waals surface area contributed by atoms with Gasteiger partial charge in [-0.15, -0.1) is 5.10 Å². The van der Waals surface area contributed by atoms with Crippen LogP contribution in [0.15, 0.2) is 68.1 Å². The molecule has 1 saturated heterocycles. The fourth-order valence-electron chi connectivity index (χ4n) is 2.46. The van der Waals surface area contributed by atoms with Gasteiger partial charge in [0.05, 0.1) is 25.3 Å². The van der Waals surface area contributed by atoms with Crippen LogP contribution in [-0.4, -0.2) is 37.5 Å². The average Bonchev–Trinajstić information content (AvgIpc) is 3.11. The Labute approximate surface area is 191 Å². The molecule has 3 rings (SSSR count).